The van der Waals surface area contributed by atoms with Crippen LogP contribution in [0.4, 0.5) is 0 Å². The number of aryl methyl sites for hydroxylation is 3. The predicted octanol–water partition coefficient (Wildman–Crippen LogP) is 5.21. The van der Waals surface area contributed by atoms with E-state index < -0.39 is 12.7 Å². The van der Waals surface area contributed by atoms with E-state index in [0.29, 0.717) is 11.3 Å². The molecule has 3 heteroatoms. The van der Waals surface area contributed by atoms with E-state index in [4.69, 9.17) is 9.90 Å². The Morgan fingerprint density at radius 3 is 2.72 bits per heavy atom. The Bertz CT molecular complexity index is 1250. The molecule has 126 valence electrons. The van der Waals surface area contributed by atoms with E-state index in [1.807, 2.05) is 62.8 Å². The first kappa shape index (κ1) is 11.8. The summed E-state index contributed by atoms with van der Waals surface area (Å²) in [6, 6.07) is 11.3. The van der Waals surface area contributed by atoms with Crippen molar-refractivity contribution in [1.29, 1.82) is 0 Å². The van der Waals surface area contributed by atoms with Crippen LogP contribution in [0.1, 0.15) is 42.0 Å². The van der Waals surface area contributed by atoms with Gasteiger partial charge in [0, 0.05) is 34.1 Å². The van der Waals surface area contributed by atoms with Crippen molar-refractivity contribution in [3.63, 3.8) is 0 Å². The smallest absolute Gasteiger partial charge is 0.227 e. The maximum atomic E-state index is 8.39. The molecule has 3 heterocycles. The predicted molar refractivity (Wildman–Crippen MR) is 102 cm³/mol. The molecule has 0 aliphatic rings. The first-order valence-electron chi connectivity index (χ1n) is 10.3. The van der Waals surface area contributed by atoms with Crippen LogP contribution in [0.3, 0.4) is 0 Å². The largest absolute Gasteiger partial charge is 0.437 e. The third-order valence-electron chi connectivity index (χ3n) is 4.70. The Labute approximate surface area is 153 Å². The third-order valence-corrected chi connectivity index (χ3v) is 4.70. The Kier molecular flexibility index (Phi) is 2.69. The lowest BCUT2D eigenvalue weighted by Gasteiger charge is -2.09. The molecule has 0 bridgehead atoms. The standard InChI is InChI=1S/C22H23N2O/c1-13(2)16-10-11-24(5)19(12-16)20-14(3)6-8-17-18-9-7-15(4)23-22(18)25-21(17)20/h6-13H,1-5H3/q+1/i4D3,13D. The van der Waals surface area contributed by atoms with Gasteiger partial charge in [0.05, 0.1) is 5.56 Å². The normalized spacial score (nSPS) is 15.0. The summed E-state index contributed by atoms with van der Waals surface area (Å²) < 4.78 is 39.3. The van der Waals surface area contributed by atoms with Crippen LogP contribution in [0.25, 0.3) is 33.3 Å². The number of benzene rings is 1. The fourth-order valence-corrected chi connectivity index (χ4v) is 3.27. The van der Waals surface area contributed by atoms with Crippen LogP contribution in [-0.4, -0.2) is 4.98 Å². The fraction of sp³-hybridized carbons (Fsp3) is 0.273. The molecule has 4 aromatic rings. The zero-order valence-electron chi connectivity index (χ0n) is 18.8. The summed E-state index contributed by atoms with van der Waals surface area (Å²) in [5, 5.41) is 1.68. The topological polar surface area (TPSA) is 29.9 Å². The van der Waals surface area contributed by atoms with Crippen molar-refractivity contribution in [2.75, 3.05) is 0 Å². The molecule has 0 spiro atoms. The first-order valence-corrected chi connectivity index (χ1v) is 8.31. The second-order valence-electron chi connectivity index (χ2n) is 6.70. The van der Waals surface area contributed by atoms with Crippen LogP contribution in [-0.2, 0) is 7.05 Å². The van der Waals surface area contributed by atoms with Crippen molar-refractivity contribution < 1.29 is 14.5 Å². The molecule has 0 radical (unpaired) electrons. The number of hydrogen-bond acceptors (Lipinski definition) is 2. The lowest BCUT2D eigenvalue weighted by molar-refractivity contribution is -0.660. The summed E-state index contributed by atoms with van der Waals surface area (Å²) in [5.41, 5.74) is 4.80. The Morgan fingerprint density at radius 2 is 1.96 bits per heavy atom. The minimum absolute atomic E-state index is 0.0193. The molecule has 0 saturated carbocycles. The molecule has 0 N–H and O–H groups in total. The van der Waals surface area contributed by atoms with Gasteiger partial charge in [0.25, 0.3) is 0 Å². The van der Waals surface area contributed by atoms with E-state index in [-0.39, 0.29) is 5.69 Å². The van der Waals surface area contributed by atoms with Gasteiger partial charge in [-0.3, -0.25) is 0 Å². The molecule has 25 heavy (non-hydrogen) atoms. The number of aromatic nitrogens is 2. The Morgan fingerprint density at radius 1 is 1.16 bits per heavy atom. The molecule has 3 nitrogen and oxygen atoms in total. The monoisotopic (exact) mass is 335 g/mol. The summed E-state index contributed by atoms with van der Waals surface area (Å²) in [5.74, 6) is -0.727. The summed E-state index contributed by atoms with van der Waals surface area (Å²) in [6.07, 6.45) is 1.95. The van der Waals surface area contributed by atoms with Crippen molar-refractivity contribution in [1.82, 2.24) is 4.98 Å². The lowest BCUT2D eigenvalue weighted by Crippen LogP contribution is -2.31. The van der Waals surface area contributed by atoms with Crippen LogP contribution in [0, 0.1) is 13.8 Å². The van der Waals surface area contributed by atoms with Crippen molar-refractivity contribution in [2.24, 2.45) is 7.05 Å². The number of nitrogens with zero attached hydrogens (tertiary/aromatic N) is 2. The maximum Gasteiger partial charge on any atom is 0.227 e. The van der Waals surface area contributed by atoms with Gasteiger partial charge >= 0.3 is 0 Å². The minimum Gasteiger partial charge on any atom is -0.437 e. The van der Waals surface area contributed by atoms with Gasteiger partial charge in [0.1, 0.15) is 7.05 Å². The van der Waals surface area contributed by atoms with Gasteiger partial charge in [0.15, 0.2) is 11.8 Å². The van der Waals surface area contributed by atoms with Crippen molar-refractivity contribution in [2.45, 2.75) is 33.5 Å². The van der Waals surface area contributed by atoms with Gasteiger partial charge in [-0.15, -0.1) is 0 Å². The zero-order valence-corrected chi connectivity index (χ0v) is 14.8. The Balaban J connectivity index is 2.04. The highest BCUT2D eigenvalue weighted by Crippen LogP contribution is 2.36. The molecule has 1 aromatic carbocycles. The molecule has 0 fully saturated rings. The first-order chi connectivity index (χ1) is 13.5. The van der Waals surface area contributed by atoms with E-state index in [2.05, 4.69) is 4.98 Å². The van der Waals surface area contributed by atoms with E-state index in [1.165, 1.54) is 6.07 Å². The summed E-state index contributed by atoms with van der Waals surface area (Å²) in [7, 11) is 1.96. The molecular formula is C22H23N2O+. The van der Waals surface area contributed by atoms with Crippen LogP contribution in [0.15, 0.2) is 47.0 Å². The molecule has 0 amide bonds. The summed E-state index contributed by atoms with van der Waals surface area (Å²) in [6.45, 7) is 3.45. The van der Waals surface area contributed by atoms with Crippen LogP contribution >= 0.6 is 0 Å². The average molecular weight is 335 g/mol. The second kappa shape index (κ2) is 5.69. The van der Waals surface area contributed by atoms with E-state index in [1.54, 1.807) is 6.07 Å². The average Bonchev–Trinajstić information content (AvgIpc) is 2.98. The molecule has 0 atom stereocenters. The van der Waals surface area contributed by atoms with E-state index >= 15 is 0 Å². The number of fused-ring (bicyclic) bond motifs is 3. The minimum atomic E-state index is -2.29. The highest BCUT2D eigenvalue weighted by atomic mass is 16.3. The van der Waals surface area contributed by atoms with E-state index in [0.717, 1.165) is 33.2 Å². The van der Waals surface area contributed by atoms with Crippen molar-refractivity contribution >= 4 is 22.1 Å². The highest BCUT2D eigenvalue weighted by Gasteiger charge is 2.21. The van der Waals surface area contributed by atoms with Gasteiger partial charge in [0.2, 0.25) is 11.4 Å². The van der Waals surface area contributed by atoms with Gasteiger partial charge in [-0.2, -0.15) is 0 Å². The molecule has 0 unspecified atom stereocenters. The number of rotatable bonds is 2. The number of furan rings is 1. The molecular weight excluding hydrogens is 308 g/mol. The molecule has 3 aromatic heterocycles. The number of hydrogen-bond donors (Lipinski definition) is 0. The molecule has 4 rings (SSSR count). The summed E-state index contributed by atoms with van der Waals surface area (Å²) in [4.78, 5) is 4.26. The Hall–Kier alpha value is -2.68. The molecule has 0 aliphatic heterocycles. The third kappa shape index (κ3) is 2.51. The van der Waals surface area contributed by atoms with Crippen LogP contribution in [0.2, 0.25) is 0 Å². The van der Waals surface area contributed by atoms with Crippen LogP contribution < -0.4 is 4.57 Å². The highest BCUT2D eigenvalue weighted by molar-refractivity contribution is 6.08. The number of pyridine rings is 2. The molecule has 0 saturated heterocycles. The fourth-order valence-electron chi connectivity index (χ4n) is 3.27. The second-order valence-corrected chi connectivity index (χ2v) is 6.70. The van der Waals surface area contributed by atoms with Gasteiger partial charge in [-0.05, 0) is 42.9 Å². The molecule has 0 aliphatic carbocycles. The van der Waals surface area contributed by atoms with E-state index in [9.17, 15) is 0 Å². The van der Waals surface area contributed by atoms with Crippen LogP contribution in [0.5, 0.6) is 0 Å². The SMILES string of the molecule is [2H]C([2H])([2H])c1ccc2c(n1)oc1c(-c3cc(C([2H])(C)C)cc[n+]3C)c(C)ccc12. The van der Waals surface area contributed by atoms with Gasteiger partial charge < -0.3 is 4.42 Å². The quantitative estimate of drug-likeness (QED) is 0.471. The van der Waals surface area contributed by atoms with Crippen molar-refractivity contribution in [3.05, 3.63) is 59.4 Å². The zero-order chi connectivity index (χ0) is 21.1. The van der Waals surface area contributed by atoms with Gasteiger partial charge in [-0.25, -0.2) is 9.55 Å². The van der Waals surface area contributed by atoms with Gasteiger partial charge in [-0.1, -0.05) is 26.0 Å². The maximum absolute atomic E-state index is 8.39. The van der Waals surface area contributed by atoms with Crippen molar-refractivity contribution in [3.8, 4) is 11.3 Å². The lowest BCUT2D eigenvalue weighted by atomic mass is 9.97. The summed E-state index contributed by atoms with van der Waals surface area (Å²) >= 11 is 0.